The molecule has 1 aliphatic carbocycles. The molecule has 1 aromatic rings. The quantitative estimate of drug-likeness (QED) is 0.392. The minimum Gasteiger partial charge on any atom is -0.379 e. The van der Waals surface area contributed by atoms with E-state index < -0.39 is 0 Å². The molecule has 27 heavy (non-hydrogen) atoms. The van der Waals surface area contributed by atoms with E-state index in [0.29, 0.717) is 6.04 Å². The van der Waals surface area contributed by atoms with Gasteiger partial charge < -0.3 is 5.32 Å². The Labute approximate surface area is 166 Å². The fourth-order valence-corrected chi connectivity index (χ4v) is 3.61. The van der Waals surface area contributed by atoms with Crippen LogP contribution in [0.3, 0.4) is 0 Å². The van der Waals surface area contributed by atoms with Gasteiger partial charge in [-0.2, -0.15) is 0 Å². The highest BCUT2D eigenvalue weighted by atomic mass is 31.1. The van der Waals surface area contributed by atoms with E-state index in [2.05, 4.69) is 97.8 Å². The topological polar surface area (TPSA) is 12.0 Å². The van der Waals surface area contributed by atoms with E-state index in [1.807, 2.05) is 12.2 Å². The Morgan fingerprint density at radius 1 is 1.19 bits per heavy atom. The number of hydrogen-bond donors (Lipinski definition) is 1. The molecule has 2 atom stereocenters. The number of benzene rings is 1. The van der Waals surface area contributed by atoms with Crippen molar-refractivity contribution < 1.29 is 0 Å². The highest BCUT2D eigenvalue weighted by Gasteiger charge is 2.07. The highest BCUT2D eigenvalue weighted by molar-refractivity contribution is 7.47. The third-order valence-electron chi connectivity index (χ3n) is 4.18. The summed E-state index contributed by atoms with van der Waals surface area (Å²) in [5.41, 5.74) is 2.56. The summed E-state index contributed by atoms with van der Waals surface area (Å²) in [5, 5.41) is 5.03. The zero-order valence-corrected chi connectivity index (χ0v) is 17.1. The number of hydrogen-bond acceptors (Lipinski definition) is 1. The lowest BCUT2D eigenvalue weighted by atomic mass is 10.0. The molecule has 2 unspecified atom stereocenters. The second-order valence-electron chi connectivity index (χ2n) is 6.27. The zero-order valence-electron chi connectivity index (χ0n) is 16.1. The van der Waals surface area contributed by atoms with Gasteiger partial charge in [-0.05, 0) is 42.9 Å². The summed E-state index contributed by atoms with van der Waals surface area (Å²) < 4.78 is 0. The lowest BCUT2D eigenvalue weighted by molar-refractivity contribution is 0.678. The Kier molecular flexibility index (Phi) is 10.0. The maximum absolute atomic E-state index is 3.67. The lowest BCUT2D eigenvalue weighted by Crippen LogP contribution is -2.26. The van der Waals surface area contributed by atoms with Gasteiger partial charge in [-0.3, -0.25) is 0 Å². The largest absolute Gasteiger partial charge is 0.379 e. The standard InChI is InChI=1S/C25H30NP/c1-3-5-6-7-9-13-22-17-19-24(20-18-22)26-23(4-2)14-12-21-27-25-15-10-8-11-16-25/h3-12,14-19,24,26-27H,1,13,20-21H2,2H3/b6-5-,9-7-,14-12-,23-4+. The summed E-state index contributed by atoms with van der Waals surface area (Å²) in [6, 6.07) is 11.0. The normalized spacial score (nSPS) is 18.2. The van der Waals surface area contributed by atoms with Crippen molar-refractivity contribution in [3.8, 4) is 0 Å². The molecular weight excluding hydrogens is 345 g/mol. The number of nitrogens with one attached hydrogen (secondary N) is 1. The molecule has 0 radical (unpaired) electrons. The Balaban J connectivity index is 1.73. The first-order chi connectivity index (χ1) is 13.3. The third-order valence-corrected chi connectivity index (χ3v) is 5.36. The minimum atomic E-state index is 0.366. The van der Waals surface area contributed by atoms with Crippen LogP contribution in [0.25, 0.3) is 0 Å². The second kappa shape index (κ2) is 12.9. The van der Waals surface area contributed by atoms with Crippen molar-refractivity contribution >= 4 is 13.9 Å². The maximum Gasteiger partial charge on any atom is 0.0482 e. The first-order valence-electron chi connectivity index (χ1n) is 9.51. The monoisotopic (exact) mass is 375 g/mol. The van der Waals surface area contributed by atoms with Crippen LogP contribution in [-0.4, -0.2) is 12.2 Å². The average Bonchev–Trinajstić information content (AvgIpc) is 2.72. The smallest absolute Gasteiger partial charge is 0.0482 e. The van der Waals surface area contributed by atoms with Crippen LogP contribution in [0.15, 0.2) is 115 Å². The van der Waals surface area contributed by atoms with E-state index in [-0.39, 0.29) is 0 Å². The van der Waals surface area contributed by atoms with Crippen LogP contribution < -0.4 is 10.6 Å². The lowest BCUT2D eigenvalue weighted by Gasteiger charge is -2.19. The molecule has 140 valence electrons. The van der Waals surface area contributed by atoms with Gasteiger partial charge in [0.05, 0.1) is 0 Å². The summed E-state index contributed by atoms with van der Waals surface area (Å²) >= 11 is 0. The van der Waals surface area contributed by atoms with Crippen molar-refractivity contribution in [3.63, 3.8) is 0 Å². The van der Waals surface area contributed by atoms with Gasteiger partial charge in [-0.1, -0.05) is 106 Å². The summed E-state index contributed by atoms with van der Waals surface area (Å²) in [5.74, 6) is 0. The van der Waals surface area contributed by atoms with Gasteiger partial charge in [0.15, 0.2) is 0 Å². The molecule has 1 N–H and O–H groups in total. The summed E-state index contributed by atoms with van der Waals surface area (Å²) in [6.07, 6.45) is 26.5. The molecule has 0 saturated heterocycles. The molecule has 0 aromatic heterocycles. The molecule has 0 heterocycles. The maximum atomic E-state index is 3.67. The van der Waals surface area contributed by atoms with Crippen molar-refractivity contribution in [2.45, 2.75) is 25.8 Å². The van der Waals surface area contributed by atoms with Gasteiger partial charge in [0.2, 0.25) is 0 Å². The molecule has 1 aromatic carbocycles. The van der Waals surface area contributed by atoms with Crippen molar-refractivity contribution in [1.82, 2.24) is 5.32 Å². The molecule has 0 aliphatic heterocycles. The SMILES string of the molecule is C=C/C=C\C=C/CC1=CCC(NC(/C=C\CPc2ccccc2)=C/C)C=C1. The molecule has 2 heteroatoms. The van der Waals surface area contributed by atoms with Crippen LogP contribution in [0.1, 0.15) is 19.8 Å². The number of allylic oxidation sites excluding steroid dienone is 10. The fraction of sp³-hybridized carbons (Fsp3) is 0.200. The van der Waals surface area contributed by atoms with Crippen molar-refractivity contribution in [1.29, 1.82) is 0 Å². The zero-order chi connectivity index (χ0) is 19.2. The minimum absolute atomic E-state index is 0.366. The second-order valence-corrected chi connectivity index (χ2v) is 7.61. The van der Waals surface area contributed by atoms with Gasteiger partial charge in [0.25, 0.3) is 0 Å². The van der Waals surface area contributed by atoms with E-state index >= 15 is 0 Å². The average molecular weight is 375 g/mol. The van der Waals surface area contributed by atoms with E-state index in [4.69, 9.17) is 0 Å². The molecular formula is C25H30NP. The van der Waals surface area contributed by atoms with Crippen molar-refractivity contribution in [2.75, 3.05) is 6.16 Å². The predicted octanol–water partition coefficient (Wildman–Crippen LogP) is 5.98. The van der Waals surface area contributed by atoms with E-state index in [0.717, 1.165) is 27.6 Å². The molecule has 0 fully saturated rings. The Bertz CT molecular complexity index is 748. The van der Waals surface area contributed by atoms with Gasteiger partial charge >= 0.3 is 0 Å². The molecule has 1 nitrogen and oxygen atoms in total. The van der Waals surface area contributed by atoms with E-state index in [9.17, 15) is 0 Å². The van der Waals surface area contributed by atoms with Crippen molar-refractivity contribution in [2.24, 2.45) is 0 Å². The van der Waals surface area contributed by atoms with Gasteiger partial charge in [-0.25, -0.2) is 0 Å². The van der Waals surface area contributed by atoms with E-state index in [1.54, 1.807) is 6.08 Å². The van der Waals surface area contributed by atoms with Crippen molar-refractivity contribution in [3.05, 3.63) is 115 Å². The Hall–Kier alpha value is -2.37. The van der Waals surface area contributed by atoms with Crippen LogP contribution in [0.2, 0.25) is 0 Å². The summed E-state index contributed by atoms with van der Waals surface area (Å²) in [7, 11) is 0.827. The van der Waals surface area contributed by atoms with Crippen LogP contribution in [-0.2, 0) is 0 Å². The van der Waals surface area contributed by atoms with Gasteiger partial charge in [-0.15, -0.1) is 0 Å². The Morgan fingerprint density at radius 2 is 2.04 bits per heavy atom. The van der Waals surface area contributed by atoms with Crippen LogP contribution in [0.5, 0.6) is 0 Å². The predicted molar refractivity (Wildman–Crippen MR) is 124 cm³/mol. The number of rotatable bonds is 10. The molecule has 0 spiro atoms. The Morgan fingerprint density at radius 3 is 2.74 bits per heavy atom. The van der Waals surface area contributed by atoms with Gasteiger partial charge in [0, 0.05) is 11.7 Å². The summed E-state index contributed by atoms with van der Waals surface area (Å²) in [4.78, 5) is 0. The third kappa shape index (κ3) is 8.71. The van der Waals surface area contributed by atoms with Crippen LogP contribution in [0, 0.1) is 0 Å². The van der Waals surface area contributed by atoms with Gasteiger partial charge in [0.1, 0.15) is 0 Å². The van der Waals surface area contributed by atoms with Crippen LogP contribution in [0.4, 0.5) is 0 Å². The molecule has 0 amide bonds. The molecule has 1 aliphatic rings. The molecule has 0 bridgehead atoms. The molecule has 0 saturated carbocycles. The van der Waals surface area contributed by atoms with E-state index in [1.165, 1.54) is 16.6 Å². The highest BCUT2D eigenvalue weighted by Crippen LogP contribution is 2.16. The van der Waals surface area contributed by atoms with Crippen LogP contribution >= 0.6 is 8.58 Å². The fourth-order valence-electron chi connectivity index (χ4n) is 2.71. The first kappa shape index (κ1) is 20.9. The summed E-state index contributed by atoms with van der Waals surface area (Å²) in [6.45, 7) is 5.75. The first-order valence-corrected chi connectivity index (χ1v) is 10.7. The molecule has 2 rings (SSSR count).